The van der Waals surface area contributed by atoms with Gasteiger partial charge in [0.05, 0.1) is 6.04 Å². The van der Waals surface area contributed by atoms with E-state index in [4.69, 9.17) is 0 Å². The number of rotatable bonds is 6. The zero-order valence-electron chi connectivity index (χ0n) is 14.3. The Kier molecular flexibility index (Phi) is 5.87. The minimum Gasteiger partial charge on any atom is -0.292 e. The van der Waals surface area contributed by atoms with Crippen molar-refractivity contribution in [3.05, 3.63) is 71.8 Å². The number of likely N-dealkylation sites (tertiary alicyclic amines) is 1. The van der Waals surface area contributed by atoms with Gasteiger partial charge in [-0.05, 0) is 42.9 Å². The Morgan fingerprint density at radius 1 is 0.957 bits per heavy atom. The molecule has 0 saturated carbocycles. The first-order valence-electron chi connectivity index (χ1n) is 9.22. The smallest absolute Gasteiger partial charge is 0.0601 e. The summed E-state index contributed by atoms with van der Waals surface area (Å²) >= 11 is 0. The van der Waals surface area contributed by atoms with Crippen LogP contribution in [0.25, 0.3) is 0 Å². The molecule has 1 atom stereocenters. The number of benzene rings is 2. The zero-order chi connectivity index (χ0) is 15.9. The first-order valence-corrected chi connectivity index (χ1v) is 9.22. The molecule has 122 valence electrons. The molecule has 0 spiro atoms. The van der Waals surface area contributed by atoms with Gasteiger partial charge in [-0.3, -0.25) is 4.90 Å². The minimum atomic E-state index is 0.404. The number of hydrogen-bond donors (Lipinski definition) is 0. The molecule has 0 bridgehead atoms. The fourth-order valence-corrected chi connectivity index (χ4v) is 3.94. The van der Waals surface area contributed by atoms with Gasteiger partial charge < -0.3 is 0 Å². The average Bonchev–Trinajstić information content (AvgIpc) is 2.62. The maximum absolute atomic E-state index is 2.72. The van der Waals surface area contributed by atoms with E-state index in [9.17, 15) is 0 Å². The van der Waals surface area contributed by atoms with E-state index in [0.717, 1.165) is 5.92 Å². The molecule has 1 heteroatoms. The molecule has 0 amide bonds. The monoisotopic (exact) mass is 307 g/mol. The van der Waals surface area contributed by atoms with Crippen LogP contribution in [0.5, 0.6) is 0 Å². The second-order valence-corrected chi connectivity index (χ2v) is 6.87. The highest BCUT2D eigenvalue weighted by atomic mass is 15.2. The molecule has 2 aromatic rings. The van der Waals surface area contributed by atoms with Gasteiger partial charge in [0.2, 0.25) is 0 Å². The fraction of sp³-hybridized carbons (Fsp3) is 0.455. The molecular formula is C22H29N. The lowest BCUT2D eigenvalue weighted by Crippen LogP contribution is -2.38. The third kappa shape index (κ3) is 4.23. The molecule has 0 aromatic heterocycles. The second kappa shape index (κ2) is 8.31. The van der Waals surface area contributed by atoms with Crippen molar-refractivity contribution in [3.63, 3.8) is 0 Å². The lowest BCUT2D eigenvalue weighted by atomic mass is 9.89. The van der Waals surface area contributed by atoms with Crippen LogP contribution in [0.15, 0.2) is 60.7 Å². The topological polar surface area (TPSA) is 3.24 Å². The highest BCUT2D eigenvalue weighted by Crippen LogP contribution is 2.33. The van der Waals surface area contributed by atoms with Crippen LogP contribution in [0.1, 0.15) is 56.2 Å². The molecule has 1 aliphatic rings. The highest BCUT2D eigenvalue weighted by Gasteiger charge is 2.27. The van der Waals surface area contributed by atoms with Gasteiger partial charge in [-0.1, -0.05) is 80.4 Å². The lowest BCUT2D eigenvalue weighted by Gasteiger charge is -2.39. The Hall–Kier alpha value is -1.60. The van der Waals surface area contributed by atoms with E-state index < -0.39 is 0 Å². The van der Waals surface area contributed by atoms with E-state index in [-0.39, 0.29) is 0 Å². The standard InChI is InChI=1S/C22H29N/c1-2-3-11-19-12-10-17-23(18-19)22(20-13-6-4-7-14-20)21-15-8-5-9-16-21/h4-9,13-16,19,22H,2-3,10-12,17-18H2,1H3. The van der Waals surface area contributed by atoms with Crippen LogP contribution in [-0.2, 0) is 0 Å². The summed E-state index contributed by atoms with van der Waals surface area (Å²) in [7, 11) is 0. The van der Waals surface area contributed by atoms with E-state index in [1.54, 1.807) is 0 Å². The van der Waals surface area contributed by atoms with Gasteiger partial charge in [-0.15, -0.1) is 0 Å². The molecule has 23 heavy (non-hydrogen) atoms. The number of unbranched alkanes of at least 4 members (excludes halogenated alkanes) is 1. The van der Waals surface area contributed by atoms with E-state index in [1.807, 2.05) is 0 Å². The molecule has 0 aliphatic carbocycles. The summed E-state index contributed by atoms with van der Waals surface area (Å²) in [6, 6.07) is 22.5. The number of nitrogens with zero attached hydrogens (tertiary/aromatic N) is 1. The van der Waals surface area contributed by atoms with E-state index >= 15 is 0 Å². The molecule has 1 aliphatic heterocycles. The van der Waals surface area contributed by atoms with Gasteiger partial charge in [0.25, 0.3) is 0 Å². The van der Waals surface area contributed by atoms with Crippen LogP contribution in [0.4, 0.5) is 0 Å². The third-order valence-electron chi connectivity index (χ3n) is 5.11. The van der Waals surface area contributed by atoms with Gasteiger partial charge in [0.15, 0.2) is 0 Å². The predicted molar refractivity (Wildman–Crippen MR) is 98.5 cm³/mol. The van der Waals surface area contributed by atoms with Crippen molar-refractivity contribution in [2.75, 3.05) is 13.1 Å². The van der Waals surface area contributed by atoms with Gasteiger partial charge in [-0.25, -0.2) is 0 Å². The number of piperidine rings is 1. The third-order valence-corrected chi connectivity index (χ3v) is 5.11. The van der Waals surface area contributed by atoms with Crippen LogP contribution in [0, 0.1) is 5.92 Å². The summed E-state index contributed by atoms with van der Waals surface area (Å²) in [5.41, 5.74) is 2.85. The maximum atomic E-state index is 2.72. The van der Waals surface area contributed by atoms with Crippen molar-refractivity contribution in [1.29, 1.82) is 0 Å². The Bertz CT molecular complexity index is 524. The molecule has 1 heterocycles. The Labute approximate surface area is 141 Å². The van der Waals surface area contributed by atoms with Gasteiger partial charge in [-0.2, -0.15) is 0 Å². The summed E-state index contributed by atoms with van der Waals surface area (Å²) in [5.74, 6) is 0.874. The fourth-order valence-electron chi connectivity index (χ4n) is 3.94. The first kappa shape index (κ1) is 16.3. The molecule has 1 unspecified atom stereocenters. The Morgan fingerprint density at radius 2 is 1.57 bits per heavy atom. The van der Waals surface area contributed by atoms with E-state index in [0.29, 0.717) is 6.04 Å². The van der Waals surface area contributed by atoms with Crippen molar-refractivity contribution < 1.29 is 0 Å². The Morgan fingerprint density at radius 3 is 2.13 bits per heavy atom. The molecule has 1 saturated heterocycles. The summed E-state index contributed by atoms with van der Waals surface area (Å²) < 4.78 is 0. The first-order chi connectivity index (χ1) is 11.4. The van der Waals surface area contributed by atoms with Gasteiger partial charge in [0, 0.05) is 6.54 Å². The van der Waals surface area contributed by atoms with Crippen molar-refractivity contribution in [3.8, 4) is 0 Å². The summed E-state index contributed by atoms with van der Waals surface area (Å²) in [6.07, 6.45) is 6.83. The zero-order valence-corrected chi connectivity index (χ0v) is 14.3. The molecule has 3 rings (SSSR count). The Balaban J connectivity index is 1.83. The molecule has 2 aromatic carbocycles. The largest absolute Gasteiger partial charge is 0.292 e. The van der Waals surface area contributed by atoms with Gasteiger partial charge in [0.1, 0.15) is 0 Å². The minimum absolute atomic E-state index is 0.404. The maximum Gasteiger partial charge on any atom is 0.0601 e. The van der Waals surface area contributed by atoms with Crippen molar-refractivity contribution in [2.45, 2.75) is 45.1 Å². The van der Waals surface area contributed by atoms with Crippen LogP contribution in [0.2, 0.25) is 0 Å². The highest BCUT2D eigenvalue weighted by molar-refractivity contribution is 5.31. The molecular weight excluding hydrogens is 278 g/mol. The molecule has 0 radical (unpaired) electrons. The van der Waals surface area contributed by atoms with E-state index in [1.165, 1.54) is 56.3 Å². The normalized spacial score (nSPS) is 19.1. The van der Waals surface area contributed by atoms with E-state index in [2.05, 4.69) is 72.5 Å². The average molecular weight is 307 g/mol. The van der Waals surface area contributed by atoms with Crippen molar-refractivity contribution in [1.82, 2.24) is 4.90 Å². The van der Waals surface area contributed by atoms with Crippen molar-refractivity contribution in [2.24, 2.45) is 5.92 Å². The van der Waals surface area contributed by atoms with Gasteiger partial charge >= 0.3 is 0 Å². The van der Waals surface area contributed by atoms with Crippen LogP contribution >= 0.6 is 0 Å². The summed E-state index contributed by atoms with van der Waals surface area (Å²) in [6.45, 7) is 4.77. The summed E-state index contributed by atoms with van der Waals surface area (Å²) in [4.78, 5) is 2.72. The quantitative estimate of drug-likeness (QED) is 0.664. The van der Waals surface area contributed by atoms with Crippen LogP contribution in [-0.4, -0.2) is 18.0 Å². The van der Waals surface area contributed by atoms with Crippen LogP contribution < -0.4 is 0 Å². The SMILES string of the molecule is CCCCC1CCCN(C(c2ccccc2)c2ccccc2)C1. The molecule has 1 fully saturated rings. The summed E-state index contributed by atoms with van der Waals surface area (Å²) in [5, 5.41) is 0. The number of hydrogen-bond acceptors (Lipinski definition) is 1. The lowest BCUT2D eigenvalue weighted by molar-refractivity contribution is 0.135. The second-order valence-electron chi connectivity index (χ2n) is 6.87. The molecule has 1 nitrogen and oxygen atoms in total. The molecule has 0 N–H and O–H groups in total. The van der Waals surface area contributed by atoms with Crippen molar-refractivity contribution >= 4 is 0 Å². The predicted octanol–water partition coefficient (Wildman–Crippen LogP) is 5.68. The van der Waals surface area contributed by atoms with Crippen LogP contribution in [0.3, 0.4) is 0 Å².